The Balaban J connectivity index is 2.79. The van der Waals surface area contributed by atoms with Crippen LogP contribution in [0.2, 0.25) is 0 Å². The molecule has 1 aromatic carbocycles. The zero-order valence-corrected chi connectivity index (χ0v) is 11.1. The molecule has 1 rings (SSSR count). The van der Waals surface area contributed by atoms with Gasteiger partial charge >= 0.3 is 0 Å². The SMILES string of the molecule is CC(=O)NC[C@@H](OC[C@H](O)CO)c1ccc(O)c(O)c1. The second-order valence-corrected chi connectivity index (χ2v) is 4.34. The van der Waals surface area contributed by atoms with Crippen molar-refractivity contribution >= 4 is 5.91 Å². The highest BCUT2D eigenvalue weighted by molar-refractivity contribution is 5.72. The molecule has 0 radical (unpaired) electrons. The van der Waals surface area contributed by atoms with Gasteiger partial charge < -0.3 is 30.5 Å². The van der Waals surface area contributed by atoms with E-state index >= 15 is 0 Å². The molecule has 20 heavy (non-hydrogen) atoms. The summed E-state index contributed by atoms with van der Waals surface area (Å²) in [4.78, 5) is 10.9. The molecule has 1 aromatic rings. The predicted molar refractivity (Wildman–Crippen MR) is 70.2 cm³/mol. The molecule has 7 heteroatoms. The molecule has 2 atom stereocenters. The number of hydrogen-bond acceptors (Lipinski definition) is 6. The van der Waals surface area contributed by atoms with E-state index in [0.29, 0.717) is 5.56 Å². The van der Waals surface area contributed by atoms with Gasteiger partial charge in [0.1, 0.15) is 12.2 Å². The maximum absolute atomic E-state index is 10.9. The fourth-order valence-electron chi connectivity index (χ4n) is 1.53. The monoisotopic (exact) mass is 285 g/mol. The van der Waals surface area contributed by atoms with Crippen molar-refractivity contribution in [3.8, 4) is 11.5 Å². The normalized spacial score (nSPS) is 13.8. The molecule has 0 fully saturated rings. The van der Waals surface area contributed by atoms with Gasteiger partial charge in [0.15, 0.2) is 11.5 Å². The zero-order valence-electron chi connectivity index (χ0n) is 11.1. The molecule has 0 saturated heterocycles. The van der Waals surface area contributed by atoms with Crippen molar-refractivity contribution in [2.75, 3.05) is 19.8 Å². The van der Waals surface area contributed by atoms with Crippen LogP contribution in [0.1, 0.15) is 18.6 Å². The van der Waals surface area contributed by atoms with Crippen LogP contribution in [-0.2, 0) is 9.53 Å². The minimum atomic E-state index is -1.03. The van der Waals surface area contributed by atoms with E-state index in [-0.39, 0.29) is 30.6 Å². The lowest BCUT2D eigenvalue weighted by atomic mass is 10.1. The van der Waals surface area contributed by atoms with Crippen LogP contribution in [0.15, 0.2) is 18.2 Å². The maximum atomic E-state index is 10.9. The van der Waals surface area contributed by atoms with Crippen molar-refractivity contribution in [2.45, 2.75) is 19.1 Å². The van der Waals surface area contributed by atoms with E-state index in [1.165, 1.54) is 25.1 Å². The van der Waals surface area contributed by atoms with E-state index in [2.05, 4.69) is 5.32 Å². The van der Waals surface area contributed by atoms with Crippen molar-refractivity contribution in [3.05, 3.63) is 23.8 Å². The Morgan fingerprint density at radius 2 is 2.05 bits per heavy atom. The van der Waals surface area contributed by atoms with Crippen molar-refractivity contribution in [2.24, 2.45) is 0 Å². The number of hydrogen-bond donors (Lipinski definition) is 5. The second-order valence-electron chi connectivity index (χ2n) is 4.34. The number of ether oxygens (including phenoxy) is 1. The van der Waals surface area contributed by atoms with Gasteiger partial charge in [-0.3, -0.25) is 4.79 Å². The Kier molecular flexibility index (Phi) is 6.23. The lowest BCUT2D eigenvalue weighted by Crippen LogP contribution is -2.29. The van der Waals surface area contributed by atoms with Crippen LogP contribution < -0.4 is 5.32 Å². The quantitative estimate of drug-likeness (QED) is 0.437. The number of phenols is 2. The molecule has 7 nitrogen and oxygen atoms in total. The summed E-state index contributed by atoms with van der Waals surface area (Å²) in [6.45, 7) is 0.932. The molecule has 1 amide bonds. The standard InChI is InChI=1S/C13H19NO6/c1-8(16)14-5-13(20-7-10(17)6-15)9-2-3-11(18)12(19)4-9/h2-4,10,13,15,17-19H,5-7H2,1H3,(H,14,16)/t10-,13-/m1/s1. The Morgan fingerprint density at radius 3 is 2.60 bits per heavy atom. The van der Waals surface area contributed by atoms with Crippen LogP contribution in [-0.4, -0.2) is 52.2 Å². The summed E-state index contributed by atoms with van der Waals surface area (Å²) in [6, 6.07) is 4.15. The van der Waals surface area contributed by atoms with Crippen LogP contribution >= 0.6 is 0 Å². The van der Waals surface area contributed by atoms with E-state index in [4.69, 9.17) is 9.84 Å². The van der Waals surface area contributed by atoms with Gasteiger partial charge in [-0.05, 0) is 17.7 Å². The molecule has 0 bridgehead atoms. The number of aliphatic hydroxyl groups excluding tert-OH is 2. The predicted octanol–water partition coefficient (Wildman–Crippen LogP) is -0.355. The third-order valence-corrected chi connectivity index (χ3v) is 2.61. The molecule has 0 aliphatic rings. The van der Waals surface area contributed by atoms with Crippen LogP contribution in [0.25, 0.3) is 0 Å². The molecule has 0 aliphatic heterocycles. The molecule has 0 aliphatic carbocycles. The number of benzene rings is 1. The number of carbonyl (C=O) groups excluding carboxylic acids is 1. The van der Waals surface area contributed by atoms with Crippen molar-refractivity contribution in [1.29, 1.82) is 0 Å². The smallest absolute Gasteiger partial charge is 0.216 e. The van der Waals surface area contributed by atoms with Gasteiger partial charge in [-0.1, -0.05) is 6.07 Å². The summed E-state index contributed by atoms with van der Waals surface area (Å²) in [7, 11) is 0. The molecule has 0 unspecified atom stereocenters. The molecule has 0 aromatic heterocycles. The van der Waals surface area contributed by atoms with Gasteiger partial charge in [0, 0.05) is 13.5 Å². The minimum absolute atomic E-state index is 0.123. The first-order valence-electron chi connectivity index (χ1n) is 6.11. The summed E-state index contributed by atoms with van der Waals surface area (Å²) in [6.07, 6.45) is -1.65. The van der Waals surface area contributed by atoms with Gasteiger partial charge in [-0.15, -0.1) is 0 Å². The van der Waals surface area contributed by atoms with Crippen molar-refractivity contribution in [3.63, 3.8) is 0 Å². The third kappa shape index (κ3) is 5.04. The summed E-state index contributed by atoms with van der Waals surface area (Å²) < 4.78 is 5.41. The number of carbonyl (C=O) groups is 1. The van der Waals surface area contributed by atoms with Gasteiger partial charge in [-0.25, -0.2) is 0 Å². The maximum Gasteiger partial charge on any atom is 0.216 e. The van der Waals surface area contributed by atoms with Gasteiger partial charge in [-0.2, -0.15) is 0 Å². The fourth-order valence-corrected chi connectivity index (χ4v) is 1.53. The molecule has 0 heterocycles. The Labute approximate surface area is 116 Å². The first kappa shape index (κ1) is 16.2. The van der Waals surface area contributed by atoms with Gasteiger partial charge in [0.05, 0.1) is 13.2 Å². The summed E-state index contributed by atoms with van der Waals surface area (Å²) in [5, 5.41) is 39.3. The molecule has 112 valence electrons. The van der Waals surface area contributed by atoms with Crippen molar-refractivity contribution < 1.29 is 30.0 Å². The van der Waals surface area contributed by atoms with Crippen LogP contribution in [0.3, 0.4) is 0 Å². The molecule has 0 saturated carbocycles. The largest absolute Gasteiger partial charge is 0.504 e. The van der Waals surface area contributed by atoms with Crippen LogP contribution in [0.5, 0.6) is 11.5 Å². The second kappa shape index (κ2) is 7.68. The van der Waals surface area contributed by atoms with E-state index in [1.54, 1.807) is 0 Å². The first-order chi connectivity index (χ1) is 9.43. The number of amides is 1. The average Bonchev–Trinajstić information content (AvgIpc) is 2.41. The molecule has 0 spiro atoms. The Bertz CT molecular complexity index is 450. The first-order valence-corrected chi connectivity index (χ1v) is 6.11. The summed E-state index contributed by atoms with van der Waals surface area (Å²) in [5.74, 6) is -0.812. The number of aromatic hydroxyl groups is 2. The number of aliphatic hydroxyl groups is 2. The average molecular weight is 285 g/mol. The van der Waals surface area contributed by atoms with Crippen molar-refractivity contribution in [1.82, 2.24) is 5.32 Å². The molecule has 5 N–H and O–H groups in total. The minimum Gasteiger partial charge on any atom is -0.504 e. The zero-order chi connectivity index (χ0) is 15.1. The highest BCUT2D eigenvalue weighted by Crippen LogP contribution is 2.29. The molecular weight excluding hydrogens is 266 g/mol. The van der Waals surface area contributed by atoms with E-state index in [9.17, 15) is 20.1 Å². The summed E-state index contributed by atoms with van der Waals surface area (Å²) >= 11 is 0. The van der Waals surface area contributed by atoms with E-state index in [0.717, 1.165) is 0 Å². The Hall–Kier alpha value is -1.83. The summed E-state index contributed by atoms with van der Waals surface area (Å²) in [5.41, 5.74) is 0.527. The Morgan fingerprint density at radius 1 is 1.35 bits per heavy atom. The number of phenolic OH excluding ortho intramolecular Hbond substituents is 2. The fraction of sp³-hybridized carbons (Fsp3) is 0.462. The lowest BCUT2D eigenvalue weighted by molar-refractivity contribution is -0.119. The van der Waals surface area contributed by atoms with Crippen LogP contribution in [0.4, 0.5) is 0 Å². The highest BCUT2D eigenvalue weighted by atomic mass is 16.5. The van der Waals surface area contributed by atoms with Gasteiger partial charge in [0.25, 0.3) is 0 Å². The van der Waals surface area contributed by atoms with Crippen LogP contribution in [0, 0.1) is 0 Å². The third-order valence-electron chi connectivity index (χ3n) is 2.61. The topological polar surface area (TPSA) is 119 Å². The van der Waals surface area contributed by atoms with E-state index in [1.807, 2.05) is 0 Å². The number of nitrogens with one attached hydrogen (secondary N) is 1. The highest BCUT2D eigenvalue weighted by Gasteiger charge is 2.16. The van der Waals surface area contributed by atoms with E-state index < -0.39 is 18.8 Å². The number of rotatable bonds is 7. The van der Waals surface area contributed by atoms with Gasteiger partial charge in [0.2, 0.25) is 5.91 Å². The lowest BCUT2D eigenvalue weighted by Gasteiger charge is -2.20. The molecular formula is C13H19NO6.